The molecule has 2 aromatic rings. The minimum atomic E-state index is -0.417. The van der Waals surface area contributed by atoms with Crippen molar-refractivity contribution in [1.82, 2.24) is 18.7 Å². The highest BCUT2D eigenvalue weighted by atomic mass is 16.5. The molecule has 8 heteroatoms. The summed E-state index contributed by atoms with van der Waals surface area (Å²) in [6, 6.07) is 0. The van der Waals surface area contributed by atoms with Gasteiger partial charge in [0.05, 0.1) is 18.8 Å². The van der Waals surface area contributed by atoms with E-state index in [4.69, 9.17) is 4.74 Å². The summed E-state index contributed by atoms with van der Waals surface area (Å²) in [6.45, 7) is 0.523. The molecule has 0 aliphatic heterocycles. The third kappa shape index (κ3) is 2.24. The molecule has 22 heavy (non-hydrogen) atoms. The van der Waals surface area contributed by atoms with Crippen molar-refractivity contribution in [3.05, 3.63) is 27.2 Å². The number of rotatable bonds is 4. The van der Waals surface area contributed by atoms with Crippen LogP contribution in [0.2, 0.25) is 0 Å². The monoisotopic (exact) mass is 306 g/mol. The predicted octanol–water partition coefficient (Wildman–Crippen LogP) is -0.223. The predicted molar refractivity (Wildman–Crippen MR) is 78.5 cm³/mol. The van der Waals surface area contributed by atoms with Crippen LogP contribution in [0.5, 0.6) is 0 Å². The number of ether oxygens (including phenoxy) is 1. The molecule has 0 unspecified atom stereocenters. The zero-order valence-electron chi connectivity index (χ0n) is 12.6. The first-order valence-electron chi connectivity index (χ1n) is 7.28. The van der Waals surface area contributed by atoms with Gasteiger partial charge in [-0.1, -0.05) is 6.42 Å². The van der Waals surface area contributed by atoms with Crippen molar-refractivity contribution in [3.8, 4) is 0 Å². The molecule has 0 atom stereocenters. The summed E-state index contributed by atoms with van der Waals surface area (Å²) in [6.07, 6.45) is 4.36. The molecular weight excluding hydrogens is 288 g/mol. The van der Waals surface area contributed by atoms with E-state index in [0.29, 0.717) is 17.7 Å². The van der Waals surface area contributed by atoms with Gasteiger partial charge in [0.1, 0.15) is 6.61 Å². The van der Waals surface area contributed by atoms with Crippen LogP contribution in [0, 0.1) is 5.92 Å². The highest BCUT2D eigenvalue weighted by Crippen LogP contribution is 2.27. The molecule has 0 N–H and O–H groups in total. The molecular formula is C14H18N4O4. The lowest BCUT2D eigenvalue weighted by molar-refractivity contribution is -0.151. The minimum absolute atomic E-state index is 0.0354. The van der Waals surface area contributed by atoms with Gasteiger partial charge in [-0.15, -0.1) is 0 Å². The van der Waals surface area contributed by atoms with Gasteiger partial charge in [-0.2, -0.15) is 0 Å². The molecule has 1 fully saturated rings. The summed E-state index contributed by atoms with van der Waals surface area (Å²) in [4.78, 5) is 39.9. The van der Waals surface area contributed by atoms with E-state index in [9.17, 15) is 14.4 Å². The van der Waals surface area contributed by atoms with Gasteiger partial charge in [-0.25, -0.2) is 9.78 Å². The van der Waals surface area contributed by atoms with Gasteiger partial charge in [0, 0.05) is 14.1 Å². The number of hydrogen-bond acceptors (Lipinski definition) is 5. The van der Waals surface area contributed by atoms with Crippen LogP contribution in [0.25, 0.3) is 11.2 Å². The van der Waals surface area contributed by atoms with Crippen LogP contribution in [-0.2, 0) is 30.2 Å². The number of imidazole rings is 1. The standard InChI is InChI=1S/C14H18N4O4/c1-16-11-10(12(19)17(2)14(16)21)18(8-15-11)6-7-22-13(20)9-4-3-5-9/h8-9H,3-7H2,1-2H3. The third-order valence-electron chi connectivity index (χ3n) is 4.23. The third-order valence-corrected chi connectivity index (χ3v) is 4.23. The zero-order chi connectivity index (χ0) is 15.9. The highest BCUT2D eigenvalue weighted by molar-refractivity contribution is 5.73. The Morgan fingerprint density at radius 3 is 2.68 bits per heavy atom. The van der Waals surface area contributed by atoms with E-state index in [-0.39, 0.29) is 18.5 Å². The summed E-state index contributed by atoms with van der Waals surface area (Å²) < 4.78 is 9.21. The Hall–Kier alpha value is -2.38. The van der Waals surface area contributed by atoms with Crippen molar-refractivity contribution in [3.63, 3.8) is 0 Å². The number of carbonyl (C=O) groups is 1. The first-order valence-corrected chi connectivity index (χ1v) is 7.28. The van der Waals surface area contributed by atoms with Gasteiger partial charge in [0.15, 0.2) is 11.2 Å². The van der Waals surface area contributed by atoms with E-state index in [1.165, 1.54) is 17.9 Å². The summed E-state index contributed by atoms with van der Waals surface area (Å²) in [7, 11) is 3.00. The SMILES string of the molecule is Cn1c(=O)c2c(ncn2CCOC(=O)C2CCC2)n(C)c1=O. The highest BCUT2D eigenvalue weighted by Gasteiger charge is 2.26. The lowest BCUT2D eigenvalue weighted by atomic mass is 9.86. The quantitative estimate of drug-likeness (QED) is 0.729. The van der Waals surface area contributed by atoms with E-state index in [1.807, 2.05) is 0 Å². The van der Waals surface area contributed by atoms with Crippen molar-refractivity contribution < 1.29 is 9.53 Å². The Balaban J connectivity index is 1.81. The van der Waals surface area contributed by atoms with Crippen molar-refractivity contribution in [2.24, 2.45) is 20.0 Å². The molecule has 3 rings (SSSR count). The van der Waals surface area contributed by atoms with Crippen LogP contribution in [0.4, 0.5) is 0 Å². The van der Waals surface area contributed by atoms with Gasteiger partial charge in [0.25, 0.3) is 5.56 Å². The lowest BCUT2D eigenvalue weighted by Crippen LogP contribution is -2.37. The van der Waals surface area contributed by atoms with Gasteiger partial charge >= 0.3 is 11.7 Å². The van der Waals surface area contributed by atoms with Crippen molar-refractivity contribution in [2.75, 3.05) is 6.61 Å². The van der Waals surface area contributed by atoms with Crippen LogP contribution in [0.3, 0.4) is 0 Å². The Bertz CT molecular complexity index is 841. The second kappa shape index (κ2) is 5.43. The van der Waals surface area contributed by atoms with Gasteiger partial charge in [-0.3, -0.25) is 18.7 Å². The molecule has 2 heterocycles. The molecule has 8 nitrogen and oxygen atoms in total. The van der Waals surface area contributed by atoms with Crippen LogP contribution in [-0.4, -0.2) is 31.3 Å². The van der Waals surface area contributed by atoms with E-state index in [1.54, 1.807) is 11.6 Å². The smallest absolute Gasteiger partial charge is 0.332 e. The molecule has 0 amide bonds. The maximum Gasteiger partial charge on any atom is 0.332 e. The molecule has 0 bridgehead atoms. The van der Waals surface area contributed by atoms with Crippen LogP contribution < -0.4 is 11.2 Å². The van der Waals surface area contributed by atoms with Crippen molar-refractivity contribution in [2.45, 2.75) is 25.8 Å². The topological polar surface area (TPSA) is 88.1 Å². The largest absolute Gasteiger partial charge is 0.464 e. The van der Waals surface area contributed by atoms with E-state index < -0.39 is 11.2 Å². The summed E-state index contributed by atoms with van der Waals surface area (Å²) in [5.41, 5.74) is -0.150. The minimum Gasteiger partial charge on any atom is -0.464 e. The normalized spacial score (nSPS) is 15.0. The molecule has 118 valence electrons. The first kappa shape index (κ1) is 14.6. The summed E-state index contributed by atoms with van der Waals surface area (Å²) in [5.74, 6) is -0.135. The van der Waals surface area contributed by atoms with E-state index in [0.717, 1.165) is 23.8 Å². The van der Waals surface area contributed by atoms with Crippen LogP contribution in [0.15, 0.2) is 15.9 Å². The lowest BCUT2D eigenvalue weighted by Gasteiger charge is -2.23. The average Bonchev–Trinajstić information content (AvgIpc) is 2.85. The Morgan fingerprint density at radius 2 is 2.05 bits per heavy atom. The first-order chi connectivity index (χ1) is 10.5. The average molecular weight is 306 g/mol. The Kier molecular flexibility index (Phi) is 3.59. The Morgan fingerprint density at radius 1 is 1.32 bits per heavy atom. The second-order valence-corrected chi connectivity index (χ2v) is 5.61. The molecule has 2 aromatic heterocycles. The fourth-order valence-corrected chi connectivity index (χ4v) is 2.57. The fraction of sp³-hybridized carbons (Fsp3) is 0.571. The number of esters is 1. The van der Waals surface area contributed by atoms with E-state index >= 15 is 0 Å². The number of carbonyl (C=O) groups excluding carboxylic acids is 1. The Labute approximate surface area is 125 Å². The summed E-state index contributed by atoms with van der Waals surface area (Å²) in [5, 5.41) is 0. The number of aryl methyl sites for hydroxylation is 1. The molecule has 1 aliphatic carbocycles. The zero-order valence-corrected chi connectivity index (χ0v) is 12.6. The molecule has 0 spiro atoms. The van der Waals surface area contributed by atoms with Crippen molar-refractivity contribution in [1.29, 1.82) is 0 Å². The number of nitrogens with zero attached hydrogens (tertiary/aromatic N) is 4. The van der Waals surface area contributed by atoms with Gasteiger partial charge in [-0.05, 0) is 12.8 Å². The van der Waals surface area contributed by atoms with Crippen LogP contribution in [0.1, 0.15) is 19.3 Å². The molecule has 1 saturated carbocycles. The number of hydrogen-bond donors (Lipinski definition) is 0. The molecule has 0 saturated heterocycles. The van der Waals surface area contributed by atoms with Crippen LogP contribution >= 0.6 is 0 Å². The fourth-order valence-electron chi connectivity index (χ4n) is 2.57. The maximum absolute atomic E-state index is 12.2. The second-order valence-electron chi connectivity index (χ2n) is 5.61. The molecule has 0 radical (unpaired) electrons. The summed E-state index contributed by atoms with van der Waals surface area (Å²) >= 11 is 0. The van der Waals surface area contributed by atoms with Crippen molar-refractivity contribution >= 4 is 17.1 Å². The van der Waals surface area contributed by atoms with E-state index in [2.05, 4.69) is 4.98 Å². The number of fused-ring (bicyclic) bond motifs is 1. The van der Waals surface area contributed by atoms with Gasteiger partial charge < -0.3 is 9.30 Å². The maximum atomic E-state index is 12.2. The number of aromatic nitrogens is 4. The molecule has 1 aliphatic rings. The molecule has 0 aromatic carbocycles. The van der Waals surface area contributed by atoms with Gasteiger partial charge in [0.2, 0.25) is 0 Å².